The van der Waals surface area contributed by atoms with E-state index in [-0.39, 0.29) is 24.0 Å². The minimum Gasteiger partial charge on any atom is -0.387 e. The monoisotopic (exact) mass is 543 g/mol. The van der Waals surface area contributed by atoms with Gasteiger partial charge in [0.2, 0.25) is 0 Å². The molecule has 4 atom stereocenters. The smallest absolute Gasteiger partial charge is 0.254 e. The van der Waals surface area contributed by atoms with E-state index >= 15 is 0 Å². The number of nitrogens with one attached hydrogen (secondary N) is 2. The van der Waals surface area contributed by atoms with Gasteiger partial charge in [-0.15, -0.1) is 0 Å². The largest absolute Gasteiger partial charge is 0.387 e. The second-order valence-electron chi connectivity index (χ2n) is 10.4. The van der Waals surface area contributed by atoms with Crippen molar-refractivity contribution in [1.29, 1.82) is 0 Å². The summed E-state index contributed by atoms with van der Waals surface area (Å²) in [5.74, 6) is -0.0338. The van der Waals surface area contributed by atoms with Crippen LogP contribution in [0.4, 0.5) is 0 Å². The number of rotatable bonds is 9. The lowest BCUT2D eigenvalue weighted by atomic mass is 10.00. The highest BCUT2D eigenvalue weighted by atomic mass is 35.5. The predicted molar refractivity (Wildman–Crippen MR) is 153 cm³/mol. The van der Waals surface area contributed by atoms with Crippen molar-refractivity contribution in [1.82, 2.24) is 25.4 Å². The molecule has 5 rings (SSSR count). The van der Waals surface area contributed by atoms with Crippen LogP contribution in [0.5, 0.6) is 0 Å². The number of hydrogen-bond acceptors (Lipinski definition) is 5. The summed E-state index contributed by atoms with van der Waals surface area (Å²) in [6, 6.07) is 23.7. The Labute approximate surface area is 234 Å². The fourth-order valence-electron chi connectivity index (χ4n) is 5.37. The number of carbonyl (C=O) groups excluding carboxylic acids is 1. The molecule has 2 aromatic carbocycles. The number of hydrogen-bond donors (Lipinski definition) is 3. The second-order valence-corrected chi connectivity index (χ2v) is 10.8. The van der Waals surface area contributed by atoms with E-state index in [0.717, 1.165) is 47.3 Å². The standard InChI is InChI=1S/C31H34ClN5O2/c1-20-16-27(36-35-20)28(18-21-6-4-3-5-7-21)37(2)31(39)23-10-8-22(9-11-23)17-25-13-14-26(34-25)30(38)24-12-15-29(32)33-19-24/h3-12,15-16,19,25-26,28,30,34,38H,13-14,17-18H2,1-2H3,(H,35,36)/t25?,26-,28?,30-/m1/s1. The molecule has 2 unspecified atom stereocenters. The Balaban J connectivity index is 1.22. The number of pyridine rings is 1. The molecule has 8 heteroatoms. The third kappa shape index (κ3) is 6.56. The highest BCUT2D eigenvalue weighted by Gasteiger charge is 2.30. The van der Waals surface area contributed by atoms with Crippen molar-refractivity contribution in [3.05, 3.63) is 118 Å². The molecule has 1 amide bonds. The maximum absolute atomic E-state index is 13.5. The molecule has 1 aliphatic heterocycles. The van der Waals surface area contributed by atoms with Crippen molar-refractivity contribution >= 4 is 17.5 Å². The van der Waals surface area contributed by atoms with E-state index in [1.807, 2.05) is 68.6 Å². The number of aryl methyl sites for hydroxylation is 1. The SMILES string of the molecule is Cc1cc(C(Cc2ccccc2)N(C)C(=O)c2ccc(CC3CC[C@H]([C@H](O)c4ccc(Cl)nc4)N3)cc2)[nH]n1. The number of nitrogens with zero attached hydrogens (tertiary/aromatic N) is 3. The van der Waals surface area contributed by atoms with Gasteiger partial charge in [-0.1, -0.05) is 60.1 Å². The minimum atomic E-state index is -0.627. The molecule has 0 aliphatic carbocycles. The first kappa shape index (κ1) is 27.1. The van der Waals surface area contributed by atoms with E-state index in [1.165, 1.54) is 0 Å². The molecule has 1 aliphatic rings. The zero-order valence-corrected chi connectivity index (χ0v) is 23.0. The molecule has 4 aromatic rings. The van der Waals surface area contributed by atoms with Crippen LogP contribution < -0.4 is 5.32 Å². The first-order valence-electron chi connectivity index (χ1n) is 13.3. The lowest BCUT2D eigenvalue weighted by Crippen LogP contribution is -2.35. The van der Waals surface area contributed by atoms with Crippen molar-refractivity contribution in [2.75, 3.05) is 7.05 Å². The van der Waals surface area contributed by atoms with Crippen molar-refractivity contribution < 1.29 is 9.90 Å². The molecule has 7 nitrogen and oxygen atoms in total. The topological polar surface area (TPSA) is 94.1 Å². The molecule has 0 bridgehead atoms. The van der Waals surface area contributed by atoms with Crippen LogP contribution in [0.3, 0.4) is 0 Å². The van der Waals surface area contributed by atoms with Crippen LogP contribution in [-0.4, -0.2) is 50.2 Å². The zero-order valence-electron chi connectivity index (χ0n) is 22.2. The van der Waals surface area contributed by atoms with Crippen molar-refractivity contribution in [2.45, 2.75) is 56.8 Å². The van der Waals surface area contributed by atoms with Crippen LogP contribution in [0, 0.1) is 6.92 Å². The van der Waals surface area contributed by atoms with E-state index < -0.39 is 6.10 Å². The van der Waals surface area contributed by atoms with Gasteiger partial charge >= 0.3 is 0 Å². The highest BCUT2D eigenvalue weighted by molar-refractivity contribution is 6.29. The van der Waals surface area contributed by atoms with Gasteiger partial charge in [-0.05, 0) is 68.0 Å². The normalized spacial score (nSPS) is 18.6. The Morgan fingerprint density at radius 2 is 1.85 bits per heavy atom. The molecular weight excluding hydrogens is 510 g/mol. The summed E-state index contributed by atoms with van der Waals surface area (Å²) < 4.78 is 0. The molecule has 202 valence electrons. The summed E-state index contributed by atoms with van der Waals surface area (Å²) in [4.78, 5) is 19.4. The van der Waals surface area contributed by atoms with Gasteiger partial charge in [0.25, 0.3) is 5.91 Å². The van der Waals surface area contributed by atoms with Crippen LogP contribution >= 0.6 is 11.6 Å². The maximum atomic E-state index is 13.5. The van der Waals surface area contributed by atoms with Gasteiger partial charge in [0.1, 0.15) is 5.15 Å². The Morgan fingerprint density at radius 3 is 2.51 bits per heavy atom. The van der Waals surface area contributed by atoms with Gasteiger partial charge in [-0.25, -0.2) is 4.98 Å². The Morgan fingerprint density at radius 1 is 1.08 bits per heavy atom. The number of aliphatic hydroxyl groups is 1. The molecule has 1 saturated heterocycles. The molecule has 39 heavy (non-hydrogen) atoms. The van der Waals surface area contributed by atoms with Crippen LogP contribution in [0.15, 0.2) is 79.0 Å². The number of halogens is 1. The predicted octanol–water partition coefficient (Wildman–Crippen LogP) is 5.22. The van der Waals surface area contributed by atoms with Crippen molar-refractivity contribution in [2.24, 2.45) is 0 Å². The zero-order chi connectivity index (χ0) is 27.4. The molecule has 0 spiro atoms. The van der Waals surface area contributed by atoms with E-state index in [4.69, 9.17) is 11.6 Å². The first-order valence-corrected chi connectivity index (χ1v) is 13.7. The summed E-state index contributed by atoms with van der Waals surface area (Å²) in [5.41, 5.74) is 5.54. The molecule has 2 aromatic heterocycles. The second kappa shape index (κ2) is 12.1. The van der Waals surface area contributed by atoms with E-state index in [9.17, 15) is 9.90 Å². The number of aliphatic hydroxyl groups excluding tert-OH is 1. The van der Waals surface area contributed by atoms with Gasteiger partial charge < -0.3 is 15.3 Å². The number of aromatic amines is 1. The summed E-state index contributed by atoms with van der Waals surface area (Å²) >= 11 is 5.88. The average molecular weight is 544 g/mol. The van der Waals surface area contributed by atoms with E-state index in [2.05, 4.69) is 32.6 Å². The van der Waals surface area contributed by atoms with Crippen LogP contribution in [-0.2, 0) is 12.8 Å². The molecule has 0 saturated carbocycles. The van der Waals surface area contributed by atoms with Gasteiger partial charge in [0.15, 0.2) is 0 Å². The minimum absolute atomic E-state index is 0.0276. The summed E-state index contributed by atoms with van der Waals surface area (Å²) in [5, 5.41) is 22.2. The van der Waals surface area contributed by atoms with Crippen LogP contribution in [0.2, 0.25) is 5.15 Å². The summed E-state index contributed by atoms with van der Waals surface area (Å²) in [6.07, 6.45) is 4.37. The summed E-state index contributed by atoms with van der Waals surface area (Å²) in [7, 11) is 1.85. The fraction of sp³-hybridized carbons (Fsp3) is 0.323. The molecule has 3 N–H and O–H groups in total. The number of likely N-dealkylation sites (N-methyl/N-ethyl adjacent to an activating group) is 1. The first-order chi connectivity index (χ1) is 18.9. The molecule has 0 radical (unpaired) electrons. The third-order valence-electron chi connectivity index (χ3n) is 7.58. The quantitative estimate of drug-likeness (QED) is 0.252. The Kier molecular flexibility index (Phi) is 8.41. The van der Waals surface area contributed by atoms with Gasteiger partial charge in [-0.3, -0.25) is 9.89 Å². The van der Waals surface area contributed by atoms with Gasteiger partial charge in [-0.2, -0.15) is 5.10 Å². The van der Waals surface area contributed by atoms with Gasteiger partial charge in [0.05, 0.1) is 23.5 Å². The molecule has 1 fully saturated rings. The number of H-pyrrole nitrogens is 1. The van der Waals surface area contributed by atoms with Crippen molar-refractivity contribution in [3.8, 4) is 0 Å². The van der Waals surface area contributed by atoms with Crippen LogP contribution in [0.1, 0.15) is 63.4 Å². The Bertz CT molecular complexity index is 1370. The lowest BCUT2D eigenvalue weighted by Gasteiger charge is -2.28. The number of carbonyl (C=O) groups is 1. The number of aromatic nitrogens is 3. The Hall–Kier alpha value is -3.52. The highest BCUT2D eigenvalue weighted by Crippen LogP contribution is 2.28. The third-order valence-corrected chi connectivity index (χ3v) is 7.80. The van der Waals surface area contributed by atoms with Gasteiger partial charge in [0, 0.05) is 36.5 Å². The van der Waals surface area contributed by atoms with Crippen LogP contribution in [0.25, 0.3) is 0 Å². The molecular formula is C31H34ClN5O2. The maximum Gasteiger partial charge on any atom is 0.254 e. The lowest BCUT2D eigenvalue weighted by molar-refractivity contribution is 0.0726. The molecule has 3 heterocycles. The summed E-state index contributed by atoms with van der Waals surface area (Å²) in [6.45, 7) is 1.94. The van der Waals surface area contributed by atoms with E-state index in [0.29, 0.717) is 17.1 Å². The fourth-order valence-corrected chi connectivity index (χ4v) is 5.49. The van der Waals surface area contributed by atoms with Crippen molar-refractivity contribution in [3.63, 3.8) is 0 Å². The number of amides is 1. The average Bonchev–Trinajstić information content (AvgIpc) is 3.61. The number of benzene rings is 2. The van der Waals surface area contributed by atoms with E-state index in [1.54, 1.807) is 17.2 Å².